The molecule has 0 bridgehead atoms. The molecule has 0 aliphatic carbocycles. The summed E-state index contributed by atoms with van der Waals surface area (Å²) >= 11 is 0. The van der Waals surface area contributed by atoms with Crippen molar-refractivity contribution in [1.82, 2.24) is 29.5 Å². The molecule has 2 amide bonds. The van der Waals surface area contributed by atoms with Crippen LogP contribution in [0.25, 0.3) is 10.9 Å². The van der Waals surface area contributed by atoms with Crippen molar-refractivity contribution in [2.75, 3.05) is 19.6 Å². The van der Waals surface area contributed by atoms with E-state index in [-0.39, 0.29) is 17.9 Å². The standard InChI is InChI=1S/C25H32N6O2/c1-4-29(5-2)25(33)20-17-26-24(28-18(20)3)22-12-8-9-14-30(22)23(32)13-15-31-21-11-7-6-10-19(21)16-27-31/h6-7,10-11,16-17,22H,4-5,8-9,12-15H2,1-3H3/t22-/m1/s1. The Kier molecular flexibility index (Phi) is 7.01. The smallest absolute Gasteiger partial charge is 0.257 e. The maximum Gasteiger partial charge on any atom is 0.257 e. The van der Waals surface area contributed by atoms with Crippen molar-refractivity contribution in [2.24, 2.45) is 0 Å². The van der Waals surface area contributed by atoms with Gasteiger partial charge < -0.3 is 9.80 Å². The number of aryl methyl sites for hydroxylation is 2. The second kappa shape index (κ2) is 10.1. The number of hydrogen-bond donors (Lipinski definition) is 0. The summed E-state index contributed by atoms with van der Waals surface area (Å²) in [5, 5.41) is 5.51. The zero-order valence-corrected chi connectivity index (χ0v) is 19.7. The molecule has 1 saturated heterocycles. The minimum Gasteiger partial charge on any atom is -0.339 e. The molecule has 1 aliphatic heterocycles. The molecule has 1 aliphatic rings. The van der Waals surface area contributed by atoms with E-state index in [1.807, 2.05) is 60.8 Å². The molecule has 1 atom stereocenters. The Labute approximate surface area is 194 Å². The highest BCUT2D eigenvalue weighted by Gasteiger charge is 2.30. The molecule has 174 valence electrons. The Hall–Kier alpha value is -3.29. The van der Waals surface area contributed by atoms with E-state index in [0.29, 0.717) is 49.7 Å². The van der Waals surface area contributed by atoms with Crippen LogP contribution >= 0.6 is 0 Å². The summed E-state index contributed by atoms with van der Waals surface area (Å²) in [5.74, 6) is 0.664. The number of piperidine rings is 1. The van der Waals surface area contributed by atoms with Crippen molar-refractivity contribution in [3.63, 3.8) is 0 Å². The van der Waals surface area contributed by atoms with E-state index in [0.717, 1.165) is 30.2 Å². The molecule has 0 radical (unpaired) electrons. The molecule has 1 fully saturated rings. The number of likely N-dealkylation sites (tertiary alicyclic amines) is 1. The van der Waals surface area contributed by atoms with E-state index in [4.69, 9.17) is 0 Å². The summed E-state index contributed by atoms with van der Waals surface area (Å²) in [4.78, 5) is 38.9. The highest BCUT2D eigenvalue weighted by molar-refractivity contribution is 5.94. The summed E-state index contributed by atoms with van der Waals surface area (Å²) < 4.78 is 1.89. The van der Waals surface area contributed by atoms with Crippen LogP contribution in [-0.4, -0.2) is 61.0 Å². The van der Waals surface area contributed by atoms with Crippen LogP contribution in [0.1, 0.15) is 67.4 Å². The molecule has 8 nitrogen and oxygen atoms in total. The first-order chi connectivity index (χ1) is 16.0. The van der Waals surface area contributed by atoms with Gasteiger partial charge in [-0.25, -0.2) is 9.97 Å². The van der Waals surface area contributed by atoms with Gasteiger partial charge >= 0.3 is 0 Å². The average molecular weight is 449 g/mol. The fraction of sp³-hybridized carbons (Fsp3) is 0.480. The van der Waals surface area contributed by atoms with E-state index >= 15 is 0 Å². The molecule has 1 aromatic carbocycles. The number of benzene rings is 1. The molecule has 0 saturated carbocycles. The van der Waals surface area contributed by atoms with Gasteiger partial charge in [0.2, 0.25) is 5.91 Å². The van der Waals surface area contributed by atoms with Gasteiger partial charge in [-0.1, -0.05) is 18.2 Å². The van der Waals surface area contributed by atoms with Crippen LogP contribution in [0.4, 0.5) is 0 Å². The third kappa shape index (κ3) is 4.74. The van der Waals surface area contributed by atoms with Crippen LogP contribution in [0, 0.1) is 6.92 Å². The van der Waals surface area contributed by atoms with Gasteiger partial charge in [-0.3, -0.25) is 14.3 Å². The number of amides is 2. The third-order valence-electron chi connectivity index (χ3n) is 6.49. The van der Waals surface area contributed by atoms with E-state index in [2.05, 4.69) is 15.1 Å². The van der Waals surface area contributed by atoms with Gasteiger partial charge in [-0.05, 0) is 46.1 Å². The van der Waals surface area contributed by atoms with Crippen molar-refractivity contribution >= 4 is 22.7 Å². The third-order valence-corrected chi connectivity index (χ3v) is 6.49. The average Bonchev–Trinajstić information content (AvgIpc) is 3.26. The predicted molar refractivity (Wildman–Crippen MR) is 127 cm³/mol. The minimum atomic E-state index is -0.156. The molecular formula is C25H32N6O2. The van der Waals surface area contributed by atoms with E-state index in [1.165, 1.54) is 0 Å². The van der Waals surface area contributed by atoms with Gasteiger partial charge in [0, 0.05) is 37.6 Å². The second-order valence-electron chi connectivity index (χ2n) is 8.48. The van der Waals surface area contributed by atoms with Crippen molar-refractivity contribution in [2.45, 2.75) is 59.0 Å². The fourth-order valence-electron chi connectivity index (χ4n) is 4.58. The van der Waals surface area contributed by atoms with Crippen molar-refractivity contribution in [1.29, 1.82) is 0 Å². The summed E-state index contributed by atoms with van der Waals surface area (Å²) in [6.07, 6.45) is 6.68. The van der Waals surface area contributed by atoms with Gasteiger partial charge in [0.15, 0.2) is 5.82 Å². The molecule has 8 heteroatoms. The largest absolute Gasteiger partial charge is 0.339 e. The first-order valence-corrected chi connectivity index (χ1v) is 11.9. The Morgan fingerprint density at radius 2 is 1.91 bits per heavy atom. The zero-order valence-electron chi connectivity index (χ0n) is 19.7. The van der Waals surface area contributed by atoms with Gasteiger partial charge in [0.05, 0.1) is 35.6 Å². The highest BCUT2D eigenvalue weighted by atomic mass is 16.2. The van der Waals surface area contributed by atoms with Crippen molar-refractivity contribution in [3.05, 3.63) is 53.7 Å². The zero-order chi connectivity index (χ0) is 23.4. The Balaban J connectivity index is 1.49. The fourth-order valence-corrected chi connectivity index (χ4v) is 4.58. The second-order valence-corrected chi connectivity index (χ2v) is 8.48. The van der Waals surface area contributed by atoms with Gasteiger partial charge in [-0.15, -0.1) is 0 Å². The lowest BCUT2D eigenvalue weighted by Crippen LogP contribution is -2.40. The molecule has 3 aromatic rings. The minimum absolute atomic E-state index is 0.0490. The Bertz CT molecular complexity index is 1140. The normalized spacial score (nSPS) is 16.2. The molecule has 0 N–H and O–H groups in total. The Morgan fingerprint density at radius 3 is 2.67 bits per heavy atom. The van der Waals surface area contributed by atoms with Crippen LogP contribution < -0.4 is 0 Å². The van der Waals surface area contributed by atoms with Gasteiger partial charge in [-0.2, -0.15) is 5.10 Å². The van der Waals surface area contributed by atoms with Gasteiger partial charge in [0.25, 0.3) is 5.91 Å². The molecule has 3 heterocycles. The topological polar surface area (TPSA) is 84.2 Å². The highest BCUT2D eigenvalue weighted by Crippen LogP contribution is 2.30. The van der Waals surface area contributed by atoms with E-state index in [9.17, 15) is 9.59 Å². The summed E-state index contributed by atoms with van der Waals surface area (Å²) in [5.41, 5.74) is 2.23. The van der Waals surface area contributed by atoms with E-state index in [1.54, 1.807) is 11.1 Å². The molecule has 2 aromatic heterocycles. The van der Waals surface area contributed by atoms with Crippen LogP contribution in [0.15, 0.2) is 36.7 Å². The number of para-hydroxylation sites is 1. The number of nitrogens with zero attached hydrogens (tertiary/aromatic N) is 6. The predicted octanol–water partition coefficient (Wildman–Crippen LogP) is 3.76. The lowest BCUT2D eigenvalue weighted by Gasteiger charge is -2.35. The molecular weight excluding hydrogens is 416 g/mol. The molecule has 0 unspecified atom stereocenters. The maximum absolute atomic E-state index is 13.2. The van der Waals surface area contributed by atoms with Crippen molar-refractivity contribution < 1.29 is 9.59 Å². The maximum atomic E-state index is 13.2. The van der Waals surface area contributed by atoms with E-state index < -0.39 is 0 Å². The summed E-state index contributed by atoms with van der Waals surface area (Å²) in [6.45, 7) is 8.30. The Morgan fingerprint density at radius 1 is 1.12 bits per heavy atom. The number of rotatable bonds is 7. The van der Waals surface area contributed by atoms with Crippen LogP contribution in [0.3, 0.4) is 0 Å². The summed E-state index contributed by atoms with van der Waals surface area (Å²) in [6, 6.07) is 7.86. The van der Waals surface area contributed by atoms with Crippen LogP contribution in [0.2, 0.25) is 0 Å². The lowest BCUT2D eigenvalue weighted by atomic mass is 10.0. The van der Waals surface area contributed by atoms with Crippen molar-refractivity contribution in [3.8, 4) is 0 Å². The molecule has 4 rings (SSSR count). The number of aromatic nitrogens is 4. The SMILES string of the molecule is CCN(CC)C(=O)c1cnc([C@H]2CCCCN2C(=O)CCn2ncc3ccccc32)nc1C. The molecule has 0 spiro atoms. The first kappa shape index (κ1) is 22.9. The number of carbonyl (C=O) groups excluding carboxylic acids is 2. The van der Waals surface area contributed by atoms with Crippen LogP contribution in [-0.2, 0) is 11.3 Å². The van der Waals surface area contributed by atoms with Gasteiger partial charge in [0.1, 0.15) is 0 Å². The molecule has 33 heavy (non-hydrogen) atoms. The number of fused-ring (bicyclic) bond motifs is 1. The van der Waals surface area contributed by atoms with Crippen LogP contribution in [0.5, 0.6) is 0 Å². The summed E-state index contributed by atoms with van der Waals surface area (Å²) in [7, 11) is 0. The number of hydrogen-bond acceptors (Lipinski definition) is 5. The quantitative estimate of drug-likeness (QED) is 0.549. The monoisotopic (exact) mass is 448 g/mol. The number of carbonyl (C=O) groups is 2. The lowest BCUT2D eigenvalue weighted by molar-refractivity contribution is -0.135. The first-order valence-electron chi connectivity index (χ1n) is 11.9.